The van der Waals surface area contributed by atoms with Crippen molar-refractivity contribution in [2.75, 3.05) is 4.90 Å². The molecule has 34 heavy (non-hydrogen) atoms. The summed E-state index contributed by atoms with van der Waals surface area (Å²) >= 11 is 0. The predicted octanol–water partition coefficient (Wildman–Crippen LogP) is 3.51. The third-order valence-corrected chi connectivity index (χ3v) is 6.01. The summed E-state index contributed by atoms with van der Waals surface area (Å²) < 4.78 is 6.94. The Morgan fingerprint density at radius 2 is 1.85 bits per heavy atom. The third kappa shape index (κ3) is 3.45. The smallest absolute Gasteiger partial charge is 0.325 e. The van der Waals surface area contributed by atoms with Crippen molar-refractivity contribution >= 4 is 34.4 Å². The van der Waals surface area contributed by atoms with Gasteiger partial charge in [0.1, 0.15) is 5.52 Å². The van der Waals surface area contributed by atoms with Crippen molar-refractivity contribution in [3.05, 3.63) is 75.7 Å². The summed E-state index contributed by atoms with van der Waals surface area (Å²) in [6.07, 6.45) is 1.12. The average molecular weight is 458 g/mol. The quantitative estimate of drug-likeness (QED) is 0.349. The van der Waals surface area contributed by atoms with Crippen molar-refractivity contribution in [3.8, 4) is 6.01 Å². The zero-order chi connectivity index (χ0) is 24.0. The lowest BCUT2D eigenvalue weighted by atomic mass is 9.96. The van der Waals surface area contributed by atoms with Crippen LogP contribution in [-0.4, -0.2) is 32.4 Å². The van der Waals surface area contributed by atoms with Crippen molar-refractivity contribution in [1.29, 1.82) is 0 Å². The van der Waals surface area contributed by atoms with E-state index in [9.17, 15) is 19.2 Å². The molecule has 0 radical (unpaired) electrons. The number of hydrogen-bond donors (Lipinski definition) is 1. The number of aryl methyl sites for hydroxylation is 1. The molecule has 9 nitrogen and oxygen atoms in total. The maximum Gasteiger partial charge on any atom is 0.325 e. The van der Waals surface area contributed by atoms with Gasteiger partial charge in [-0.2, -0.15) is 9.67 Å². The molecule has 1 saturated heterocycles. The van der Waals surface area contributed by atoms with Gasteiger partial charge < -0.3 is 4.42 Å². The normalized spacial score (nSPS) is 16.1. The Morgan fingerprint density at radius 1 is 1.12 bits per heavy atom. The third-order valence-electron chi connectivity index (χ3n) is 6.01. The van der Waals surface area contributed by atoms with E-state index in [1.807, 2.05) is 19.1 Å². The Balaban J connectivity index is 1.55. The molecule has 1 aliphatic rings. The van der Waals surface area contributed by atoms with E-state index < -0.39 is 23.3 Å². The SMILES string of the molecule is CCCc1[nH]n(-c2nc3ccccc3o2)c(=O)c1[C@H]1CC(=O)N(c2ccc(C(C)=O)cc2)C1=O. The molecule has 4 aromatic rings. The van der Waals surface area contributed by atoms with E-state index in [1.165, 1.54) is 11.6 Å². The second-order valence-electron chi connectivity index (χ2n) is 8.29. The molecule has 2 amide bonds. The molecule has 1 atom stereocenters. The van der Waals surface area contributed by atoms with E-state index >= 15 is 0 Å². The van der Waals surface area contributed by atoms with Crippen LogP contribution in [0.1, 0.15) is 54.2 Å². The number of para-hydroxylation sites is 2. The van der Waals surface area contributed by atoms with Gasteiger partial charge in [0, 0.05) is 17.7 Å². The van der Waals surface area contributed by atoms with Crippen LogP contribution in [0.5, 0.6) is 0 Å². The number of fused-ring (bicyclic) bond motifs is 1. The minimum atomic E-state index is -0.920. The number of Topliss-reactive ketones (excluding diaryl/α,β-unsaturated/α-hetero) is 1. The number of amides is 2. The number of benzene rings is 2. The van der Waals surface area contributed by atoms with Gasteiger partial charge in [0.05, 0.1) is 17.2 Å². The van der Waals surface area contributed by atoms with Crippen LogP contribution in [0.15, 0.2) is 57.7 Å². The Bertz CT molecular complexity index is 1460. The van der Waals surface area contributed by atoms with Crippen LogP contribution in [-0.2, 0) is 16.0 Å². The number of imide groups is 1. The summed E-state index contributed by atoms with van der Waals surface area (Å²) in [5.74, 6) is -1.91. The first kappa shape index (κ1) is 21.6. The van der Waals surface area contributed by atoms with E-state index in [1.54, 1.807) is 36.4 Å². The van der Waals surface area contributed by atoms with E-state index in [-0.39, 0.29) is 23.8 Å². The molecule has 2 aromatic carbocycles. The molecule has 0 aliphatic carbocycles. The Labute approximate surface area is 194 Å². The fourth-order valence-corrected chi connectivity index (χ4v) is 4.36. The monoisotopic (exact) mass is 458 g/mol. The second-order valence-corrected chi connectivity index (χ2v) is 8.29. The number of hydrogen-bond acceptors (Lipinski definition) is 6. The maximum absolute atomic E-state index is 13.5. The van der Waals surface area contributed by atoms with Crippen LogP contribution in [0.3, 0.4) is 0 Å². The lowest BCUT2D eigenvalue weighted by molar-refractivity contribution is -0.121. The van der Waals surface area contributed by atoms with Crippen LogP contribution < -0.4 is 10.5 Å². The number of carbonyl (C=O) groups excluding carboxylic acids is 3. The minimum Gasteiger partial charge on any atom is -0.422 e. The Kier molecular flexibility index (Phi) is 5.24. The number of nitrogens with zero attached hydrogens (tertiary/aromatic N) is 3. The largest absolute Gasteiger partial charge is 0.422 e. The number of rotatable bonds is 6. The van der Waals surface area contributed by atoms with E-state index in [4.69, 9.17) is 4.42 Å². The summed E-state index contributed by atoms with van der Waals surface area (Å²) in [7, 11) is 0. The highest BCUT2D eigenvalue weighted by Gasteiger charge is 2.43. The molecular formula is C25H22N4O5. The molecule has 172 valence electrons. The first-order valence-corrected chi connectivity index (χ1v) is 11.1. The first-order chi connectivity index (χ1) is 16.4. The zero-order valence-corrected chi connectivity index (χ0v) is 18.7. The van der Waals surface area contributed by atoms with Crippen LogP contribution in [0.2, 0.25) is 0 Å². The summed E-state index contributed by atoms with van der Waals surface area (Å²) in [4.78, 5) is 56.7. The second kappa shape index (κ2) is 8.26. The lowest BCUT2D eigenvalue weighted by Gasteiger charge is -2.15. The molecule has 5 rings (SSSR count). The van der Waals surface area contributed by atoms with Gasteiger partial charge in [-0.05, 0) is 49.7 Å². The molecule has 1 fully saturated rings. The van der Waals surface area contributed by atoms with Gasteiger partial charge in [-0.25, -0.2) is 0 Å². The number of carbonyl (C=O) groups is 3. The highest BCUT2D eigenvalue weighted by atomic mass is 16.4. The van der Waals surface area contributed by atoms with Gasteiger partial charge >= 0.3 is 6.01 Å². The van der Waals surface area contributed by atoms with Gasteiger partial charge in [0.15, 0.2) is 11.4 Å². The number of ketones is 1. The molecule has 1 aliphatic heterocycles. The maximum atomic E-state index is 13.5. The number of nitrogens with one attached hydrogen (secondary N) is 1. The Hall–Kier alpha value is -4.27. The standard InChI is InChI=1S/C25H22N4O5/c1-3-6-19-22(24(33)29(27-19)25-26-18-7-4-5-8-20(18)34-25)17-13-21(31)28(23(17)32)16-11-9-15(10-12-16)14(2)30/h4-5,7-12,17,27H,3,6,13H2,1-2H3/t17-/m1/s1. The fourth-order valence-electron chi connectivity index (χ4n) is 4.36. The predicted molar refractivity (Wildman–Crippen MR) is 124 cm³/mol. The number of anilines is 1. The van der Waals surface area contributed by atoms with Crippen LogP contribution in [0, 0.1) is 0 Å². The van der Waals surface area contributed by atoms with Crippen LogP contribution >= 0.6 is 0 Å². The molecule has 0 bridgehead atoms. The molecule has 0 unspecified atom stereocenters. The van der Waals surface area contributed by atoms with Crippen molar-refractivity contribution < 1.29 is 18.8 Å². The first-order valence-electron chi connectivity index (χ1n) is 11.1. The van der Waals surface area contributed by atoms with E-state index in [2.05, 4.69) is 10.1 Å². The average Bonchev–Trinajstić information content (AvgIpc) is 3.47. The number of aromatic nitrogens is 3. The highest BCUT2D eigenvalue weighted by molar-refractivity contribution is 6.22. The molecule has 1 N–H and O–H groups in total. The van der Waals surface area contributed by atoms with Crippen molar-refractivity contribution in [1.82, 2.24) is 14.8 Å². The lowest BCUT2D eigenvalue weighted by Crippen LogP contribution is -2.31. The number of H-pyrrole nitrogens is 1. The highest BCUT2D eigenvalue weighted by Crippen LogP contribution is 2.34. The molecule has 0 spiro atoms. The zero-order valence-electron chi connectivity index (χ0n) is 18.7. The minimum absolute atomic E-state index is 0.0725. The molecular weight excluding hydrogens is 436 g/mol. The van der Waals surface area contributed by atoms with Crippen molar-refractivity contribution in [2.24, 2.45) is 0 Å². The summed E-state index contributed by atoms with van der Waals surface area (Å²) in [5, 5.41) is 3.04. The molecule has 9 heteroatoms. The summed E-state index contributed by atoms with van der Waals surface area (Å²) in [6.45, 7) is 3.41. The van der Waals surface area contributed by atoms with E-state index in [0.717, 1.165) is 11.3 Å². The van der Waals surface area contributed by atoms with Crippen molar-refractivity contribution in [3.63, 3.8) is 0 Å². The number of aromatic amines is 1. The van der Waals surface area contributed by atoms with Crippen LogP contribution in [0.4, 0.5) is 5.69 Å². The van der Waals surface area contributed by atoms with Gasteiger partial charge in [0.25, 0.3) is 5.56 Å². The molecule has 0 saturated carbocycles. The number of oxazole rings is 1. The molecule has 2 aromatic heterocycles. The summed E-state index contributed by atoms with van der Waals surface area (Å²) in [6, 6.07) is 13.5. The Morgan fingerprint density at radius 3 is 2.53 bits per heavy atom. The van der Waals surface area contributed by atoms with E-state index in [0.29, 0.717) is 34.5 Å². The topological polar surface area (TPSA) is 118 Å². The molecule has 3 heterocycles. The van der Waals surface area contributed by atoms with Crippen molar-refractivity contribution in [2.45, 2.75) is 39.0 Å². The van der Waals surface area contributed by atoms with Crippen LogP contribution in [0.25, 0.3) is 17.1 Å². The van der Waals surface area contributed by atoms with Gasteiger partial charge in [-0.1, -0.05) is 25.5 Å². The van der Waals surface area contributed by atoms with Gasteiger partial charge in [-0.3, -0.25) is 29.2 Å². The van der Waals surface area contributed by atoms with Gasteiger partial charge in [-0.15, -0.1) is 0 Å². The van der Waals surface area contributed by atoms with Gasteiger partial charge in [0.2, 0.25) is 11.8 Å². The summed E-state index contributed by atoms with van der Waals surface area (Å²) in [5.41, 5.74) is 2.36. The fraction of sp³-hybridized carbons (Fsp3) is 0.240.